The van der Waals surface area contributed by atoms with E-state index in [9.17, 15) is 18.0 Å². The van der Waals surface area contributed by atoms with Crippen LogP contribution < -0.4 is 10.1 Å². The fourth-order valence-electron chi connectivity index (χ4n) is 4.45. The summed E-state index contributed by atoms with van der Waals surface area (Å²) in [6, 6.07) is 17.7. The van der Waals surface area contributed by atoms with E-state index in [0.29, 0.717) is 28.7 Å². The number of benzene rings is 2. The Kier molecular flexibility index (Phi) is 8.13. The minimum Gasteiger partial charge on any atom is -0.488 e. The molecule has 0 radical (unpaired) electrons. The van der Waals surface area contributed by atoms with Crippen molar-refractivity contribution in [3.05, 3.63) is 76.0 Å². The molecule has 8 heteroatoms. The zero-order valence-electron chi connectivity index (χ0n) is 19.2. The summed E-state index contributed by atoms with van der Waals surface area (Å²) in [5.41, 5.74) is 1.80. The van der Waals surface area contributed by atoms with Crippen molar-refractivity contribution in [2.24, 2.45) is 11.8 Å². The molecule has 4 rings (SSSR count). The molecule has 0 amide bonds. The summed E-state index contributed by atoms with van der Waals surface area (Å²) < 4.78 is 46.5. The van der Waals surface area contributed by atoms with Gasteiger partial charge in [0.05, 0.1) is 5.92 Å². The highest BCUT2D eigenvalue weighted by Crippen LogP contribution is 2.43. The van der Waals surface area contributed by atoms with Crippen LogP contribution in [0.15, 0.2) is 60.7 Å². The van der Waals surface area contributed by atoms with Crippen LogP contribution in [0.25, 0.3) is 11.1 Å². The largest absolute Gasteiger partial charge is 0.488 e. The summed E-state index contributed by atoms with van der Waals surface area (Å²) >= 11 is 0.717. The van der Waals surface area contributed by atoms with Crippen molar-refractivity contribution in [1.82, 2.24) is 5.32 Å². The molecule has 0 aliphatic heterocycles. The molecule has 1 fully saturated rings. The van der Waals surface area contributed by atoms with Crippen molar-refractivity contribution in [2.75, 3.05) is 6.54 Å². The van der Waals surface area contributed by atoms with Crippen molar-refractivity contribution in [1.29, 1.82) is 0 Å². The van der Waals surface area contributed by atoms with Gasteiger partial charge >= 0.3 is 12.1 Å². The molecule has 1 aromatic heterocycles. The van der Waals surface area contributed by atoms with Crippen molar-refractivity contribution in [3.8, 4) is 16.9 Å². The predicted octanol–water partition coefficient (Wildman–Crippen LogP) is 6.99. The van der Waals surface area contributed by atoms with Crippen LogP contribution in [0, 0.1) is 11.8 Å². The number of nitrogens with one attached hydrogen (secondary N) is 1. The van der Waals surface area contributed by atoms with E-state index in [1.807, 2.05) is 24.3 Å². The molecule has 0 bridgehead atoms. The van der Waals surface area contributed by atoms with Crippen LogP contribution in [0.2, 0.25) is 0 Å². The van der Waals surface area contributed by atoms with E-state index in [-0.39, 0.29) is 18.1 Å². The number of halogens is 3. The minimum absolute atomic E-state index is 0.0667. The molecule has 35 heavy (non-hydrogen) atoms. The Labute approximate surface area is 206 Å². The maximum Gasteiger partial charge on any atom is 0.426 e. The van der Waals surface area contributed by atoms with Crippen LogP contribution in [0.1, 0.15) is 41.0 Å². The number of ether oxygens (including phenoxy) is 1. The van der Waals surface area contributed by atoms with E-state index in [1.165, 1.54) is 0 Å². The van der Waals surface area contributed by atoms with E-state index in [2.05, 4.69) is 5.32 Å². The molecule has 0 atom stereocenters. The van der Waals surface area contributed by atoms with Crippen LogP contribution in [0.4, 0.5) is 13.2 Å². The van der Waals surface area contributed by atoms with Gasteiger partial charge in [-0.1, -0.05) is 42.5 Å². The van der Waals surface area contributed by atoms with E-state index in [4.69, 9.17) is 9.84 Å². The van der Waals surface area contributed by atoms with E-state index >= 15 is 0 Å². The van der Waals surface area contributed by atoms with Crippen LogP contribution >= 0.6 is 11.3 Å². The van der Waals surface area contributed by atoms with E-state index in [0.717, 1.165) is 49.1 Å². The average Bonchev–Trinajstić information content (AvgIpc) is 3.30. The summed E-state index contributed by atoms with van der Waals surface area (Å²) in [5.74, 6) is 0.221. The number of aliphatic carboxylic acids is 1. The Morgan fingerprint density at radius 1 is 1.03 bits per heavy atom. The predicted molar refractivity (Wildman–Crippen MR) is 130 cm³/mol. The Morgan fingerprint density at radius 2 is 1.71 bits per heavy atom. The Bertz CT molecular complexity index is 1100. The van der Waals surface area contributed by atoms with Gasteiger partial charge in [0.2, 0.25) is 0 Å². The number of hydrogen-bond donors (Lipinski definition) is 2. The van der Waals surface area contributed by atoms with Crippen molar-refractivity contribution in [3.63, 3.8) is 0 Å². The van der Waals surface area contributed by atoms with Gasteiger partial charge in [-0.15, -0.1) is 11.3 Å². The van der Waals surface area contributed by atoms with Crippen molar-refractivity contribution >= 4 is 17.3 Å². The molecule has 1 saturated carbocycles. The molecular formula is C27H28F3NO3S. The lowest BCUT2D eigenvalue weighted by Gasteiger charge is -2.26. The molecule has 0 unspecified atom stereocenters. The molecule has 4 nitrogen and oxygen atoms in total. The fourth-order valence-corrected chi connectivity index (χ4v) is 5.41. The Morgan fingerprint density at radius 3 is 2.34 bits per heavy atom. The second-order valence-electron chi connectivity index (χ2n) is 8.94. The zero-order valence-corrected chi connectivity index (χ0v) is 20.0. The monoisotopic (exact) mass is 503 g/mol. The van der Waals surface area contributed by atoms with Crippen molar-refractivity contribution in [2.45, 2.75) is 45.0 Å². The molecule has 2 aromatic carbocycles. The lowest BCUT2D eigenvalue weighted by Crippen LogP contribution is -2.28. The third-order valence-electron chi connectivity index (χ3n) is 6.39. The average molecular weight is 504 g/mol. The smallest absolute Gasteiger partial charge is 0.426 e. The molecule has 186 valence electrons. The SMILES string of the molecule is O=C(O)C1CCC(CNCc2ccc(OCc3cc(-c4ccccc4)c(C(F)(F)F)s3)cc2)CC1. The third kappa shape index (κ3) is 6.86. The number of alkyl halides is 3. The van der Waals surface area contributed by atoms with Gasteiger partial charge in [0.1, 0.15) is 17.2 Å². The number of carboxylic acids is 1. The summed E-state index contributed by atoms with van der Waals surface area (Å²) in [4.78, 5) is 11.0. The first-order chi connectivity index (χ1) is 16.8. The standard InChI is InChI=1S/C27H28F3NO3S/c28-27(29,30)25-24(20-4-2-1-3-5-20)14-23(35-25)17-34-22-12-8-19(9-13-22)16-31-15-18-6-10-21(11-7-18)26(32)33/h1-5,8-9,12-14,18,21,31H,6-7,10-11,15-17H2,(H,32,33). The fraction of sp³-hybridized carbons (Fsp3) is 0.370. The molecule has 1 aliphatic rings. The number of carboxylic acid groups (broad SMARTS) is 1. The minimum atomic E-state index is -4.42. The second kappa shape index (κ2) is 11.3. The Balaban J connectivity index is 1.28. The molecule has 0 saturated heterocycles. The first-order valence-electron chi connectivity index (χ1n) is 11.7. The van der Waals surface area contributed by atoms with E-state index in [1.54, 1.807) is 36.4 Å². The van der Waals surface area contributed by atoms with Gasteiger partial charge in [0, 0.05) is 17.0 Å². The van der Waals surface area contributed by atoms with Crippen molar-refractivity contribution < 1.29 is 27.8 Å². The molecule has 1 heterocycles. The van der Waals surface area contributed by atoms with Gasteiger partial charge in [0.25, 0.3) is 0 Å². The topological polar surface area (TPSA) is 58.6 Å². The van der Waals surface area contributed by atoms with Crippen LogP contribution in [0.5, 0.6) is 5.75 Å². The van der Waals surface area contributed by atoms with Gasteiger partial charge < -0.3 is 15.2 Å². The van der Waals surface area contributed by atoms with Gasteiger partial charge in [-0.2, -0.15) is 13.2 Å². The highest BCUT2D eigenvalue weighted by atomic mass is 32.1. The van der Waals surface area contributed by atoms with Gasteiger partial charge in [-0.05, 0) is 67.5 Å². The first-order valence-corrected chi connectivity index (χ1v) is 12.5. The number of rotatable bonds is 9. The van der Waals surface area contributed by atoms with Crippen LogP contribution in [-0.4, -0.2) is 17.6 Å². The highest BCUT2D eigenvalue weighted by molar-refractivity contribution is 7.12. The van der Waals surface area contributed by atoms with Crippen LogP contribution in [-0.2, 0) is 24.1 Å². The summed E-state index contributed by atoms with van der Waals surface area (Å²) in [6.07, 6.45) is -1.06. The quantitative estimate of drug-likeness (QED) is 0.330. The summed E-state index contributed by atoms with van der Waals surface area (Å²) in [5, 5.41) is 12.5. The molecule has 2 N–H and O–H groups in total. The zero-order chi connectivity index (χ0) is 24.8. The third-order valence-corrected chi connectivity index (χ3v) is 7.54. The van der Waals surface area contributed by atoms with Gasteiger partial charge in [0.15, 0.2) is 0 Å². The molecular weight excluding hydrogens is 475 g/mol. The van der Waals surface area contributed by atoms with Crippen LogP contribution in [0.3, 0.4) is 0 Å². The van der Waals surface area contributed by atoms with Gasteiger partial charge in [-0.3, -0.25) is 4.79 Å². The normalized spacial score (nSPS) is 18.4. The lowest BCUT2D eigenvalue weighted by atomic mass is 9.82. The second-order valence-corrected chi connectivity index (χ2v) is 10.1. The number of carbonyl (C=O) groups is 1. The lowest BCUT2D eigenvalue weighted by molar-refractivity contribution is -0.143. The Hall–Kier alpha value is -2.84. The maximum atomic E-state index is 13.6. The number of thiophene rings is 1. The number of hydrogen-bond acceptors (Lipinski definition) is 4. The maximum absolute atomic E-state index is 13.6. The van der Waals surface area contributed by atoms with E-state index < -0.39 is 17.0 Å². The summed E-state index contributed by atoms with van der Waals surface area (Å²) in [7, 11) is 0. The molecule has 1 aliphatic carbocycles. The molecule has 3 aromatic rings. The molecule has 0 spiro atoms. The van der Waals surface area contributed by atoms with Gasteiger partial charge in [-0.25, -0.2) is 0 Å². The summed E-state index contributed by atoms with van der Waals surface area (Å²) in [6.45, 7) is 1.62. The highest BCUT2D eigenvalue weighted by Gasteiger charge is 2.36. The first kappa shape index (κ1) is 25.3.